The molecule has 0 saturated heterocycles. The van der Waals surface area contributed by atoms with Crippen LogP contribution < -0.4 is 11.1 Å². The lowest BCUT2D eigenvalue weighted by Crippen LogP contribution is -2.19. The molecule has 1 unspecified atom stereocenters. The maximum Gasteiger partial charge on any atom is 0.248 e. The van der Waals surface area contributed by atoms with E-state index < -0.39 is 0 Å². The van der Waals surface area contributed by atoms with E-state index in [0.717, 1.165) is 24.1 Å². The number of rotatable bonds is 6. The monoisotopic (exact) mass is 234 g/mol. The highest BCUT2D eigenvalue weighted by Gasteiger charge is 2.08. The van der Waals surface area contributed by atoms with Crippen LogP contribution in [0.4, 0.5) is 5.69 Å². The Morgan fingerprint density at radius 1 is 1.41 bits per heavy atom. The van der Waals surface area contributed by atoms with Gasteiger partial charge in [0.2, 0.25) is 5.91 Å². The molecule has 3 N–H and O–H groups in total. The standard InChI is InChI=1S/C14H22N2O/c1-4-6-12(5-2)16-13-8-7-11(14(15)17)9-10(13)3/h7-9,12,16H,4-6H2,1-3H3,(H2,15,17). The third-order valence-corrected chi connectivity index (χ3v) is 3.00. The first kappa shape index (κ1) is 13.6. The molecular weight excluding hydrogens is 212 g/mol. The number of nitrogens with one attached hydrogen (secondary N) is 1. The fourth-order valence-corrected chi connectivity index (χ4v) is 1.93. The van der Waals surface area contributed by atoms with Crippen molar-refractivity contribution < 1.29 is 4.79 Å². The van der Waals surface area contributed by atoms with Crippen molar-refractivity contribution in [3.8, 4) is 0 Å². The first-order chi connectivity index (χ1) is 8.08. The second kappa shape index (κ2) is 6.28. The van der Waals surface area contributed by atoms with E-state index in [9.17, 15) is 4.79 Å². The van der Waals surface area contributed by atoms with Crippen LogP contribution >= 0.6 is 0 Å². The number of aryl methyl sites for hydroxylation is 1. The van der Waals surface area contributed by atoms with Crippen LogP contribution in [-0.4, -0.2) is 11.9 Å². The summed E-state index contributed by atoms with van der Waals surface area (Å²) >= 11 is 0. The van der Waals surface area contributed by atoms with Gasteiger partial charge in [-0.25, -0.2) is 0 Å². The fraction of sp³-hybridized carbons (Fsp3) is 0.500. The van der Waals surface area contributed by atoms with Crippen LogP contribution in [-0.2, 0) is 0 Å². The molecule has 0 heterocycles. The van der Waals surface area contributed by atoms with Crippen molar-refractivity contribution in [1.29, 1.82) is 0 Å². The van der Waals surface area contributed by atoms with E-state index in [1.807, 2.05) is 19.1 Å². The van der Waals surface area contributed by atoms with Crippen LogP contribution in [0.5, 0.6) is 0 Å². The van der Waals surface area contributed by atoms with E-state index in [1.54, 1.807) is 6.07 Å². The third kappa shape index (κ3) is 3.77. The normalized spacial score (nSPS) is 12.2. The summed E-state index contributed by atoms with van der Waals surface area (Å²) in [4.78, 5) is 11.0. The zero-order chi connectivity index (χ0) is 12.8. The molecule has 3 heteroatoms. The summed E-state index contributed by atoms with van der Waals surface area (Å²) in [5, 5.41) is 3.51. The fourth-order valence-electron chi connectivity index (χ4n) is 1.93. The largest absolute Gasteiger partial charge is 0.382 e. The van der Waals surface area contributed by atoms with Gasteiger partial charge in [0.1, 0.15) is 0 Å². The van der Waals surface area contributed by atoms with Gasteiger partial charge in [-0.05, 0) is 43.5 Å². The van der Waals surface area contributed by atoms with E-state index in [0.29, 0.717) is 11.6 Å². The topological polar surface area (TPSA) is 55.1 Å². The Morgan fingerprint density at radius 2 is 2.12 bits per heavy atom. The van der Waals surface area contributed by atoms with Crippen LogP contribution in [0.15, 0.2) is 18.2 Å². The quantitative estimate of drug-likeness (QED) is 0.794. The SMILES string of the molecule is CCCC(CC)Nc1ccc(C(N)=O)cc1C. The average Bonchev–Trinajstić information content (AvgIpc) is 2.30. The van der Waals surface area contributed by atoms with E-state index in [4.69, 9.17) is 5.73 Å². The van der Waals surface area contributed by atoms with Crippen molar-refractivity contribution >= 4 is 11.6 Å². The molecule has 0 fully saturated rings. The first-order valence-electron chi connectivity index (χ1n) is 6.25. The van der Waals surface area contributed by atoms with Crippen molar-refractivity contribution in [2.75, 3.05) is 5.32 Å². The molecule has 1 rings (SSSR count). The van der Waals surface area contributed by atoms with Crippen LogP contribution in [0.1, 0.15) is 49.0 Å². The zero-order valence-electron chi connectivity index (χ0n) is 10.9. The molecule has 1 atom stereocenters. The number of carbonyl (C=O) groups excluding carboxylic acids is 1. The molecule has 0 aliphatic carbocycles. The van der Waals surface area contributed by atoms with Crippen molar-refractivity contribution in [2.45, 2.75) is 46.1 Å². The second-order valence-corrected chi connectivity index (χ2v) is 4.43. The summed E-state index contributed by atoms with van der Waals surface area (Å²) in [7, 11) is 0. The molecule has 0 aliphatic heterocycles. The highest BCUT2D eigenvalue weighted by Crippen LogP contribution is 2.19. The lowest BCUT2D eigenvalue weighted by atomic mass is 10.1. The maximum atomic E-state index is 11.0. The summed E-state index contributed by atoms with van der Waals surface area (Å²) in [5.74, 6) is -0.375. The van der Waals surface area contributed by atoms with Crippen LogP contribution in [0.2, 0.25) is 0 Å². The number of hydrogen-bond acceptors (Lipinski definition) is 2. The Kier molecular flexibility index (Phi) is 5.01. The van der Waals surface area contributed by atoms with Gasteiger partial charge >= 0.3 is 0 Å². The predicted octanol–water partition coefficient (Wildman–Crippen LogP) is 3.08. The summed E-state index contributed by atoms with van der Waals surface area (Å²) in [6, 6.07) is 6.05. The summed E-state index contributed by atoms with van der Waals surface area (Å²) in [5.41, 5.74) is 7.97. The molecule has 0 bridgehead atoms. The molecule has 0 aliphatic rings. The predicted molar refractivity (Wildman–Crippen MR) is 72.3 cm³/mol. The van der Waals surface area contributed by atoms with E-state index in [-0.39, 0.29) is 5.91 Å². The van der Waals surface area contributed by atoms with Gasteiger partial charge in [0.15, 0.2) is 0 Å². The van der Waals surface area contributed by atoms with Gasteiger partial charge in [-0.3, -0.25) is 4.79 Å². The molecule has 0 aromatic heterocycles. The average molecular weight is 234 g/mol. The van der Waals surface area contributed by atoms with Crippen molar-refractivity contribution in [1.82, 2.24) is 0 Å². The highest BCUT2D eigenvalue weighted by atomic mass is 16.1. The Hall–Kier alpha value is -1.51. The molecule has 94 valence electrons. The van der Waals surface area contributed by atoms with Crippen molar-refractivity contribution in [3.63, 3.8) is 0 Å². The molecule has 0 radical (unpaired) electrons. The molecule has 1 amide bonds. The van der Waals surface area contributed by atoms with E-state index >= 15 is 0 Å². The highest BCUT2D eigenvalue weighted by molar-refractivity contribution is 5.93. The van der Waals surface area contributed by atoms with Crippen molar-refractivity contribution in [2.24, 2.45) is 5.73 Å². The number of benzene rings is 1. The minimum Gasteiger partial charge on any atom is -0.382 e. The number of hydrogen-bond donors (Lipinski definition) is 2. The lowest BCUT2D eigenvalue weighted by Gasteiger charge is -2.19. The lowest BCUT2D eigenvalue weighted by molar-refractivity contribution is 0.1000. The number of carbonyl (C=O) groups is 1. The summed E-state index contributed by atoms with van der Waals surface area (Å²) in [6.07, 6.45) is 3.43. The number of amides is 1. The Bertz CT molecular complexity index is 388. The Balaban J connectivity index is 2.81. The molecule has 0 saturated carbocycles. The molecule has 1 aromatic carbocycles. The number of nitrogens with two attached hydrogens (primary N) is 1. The Morgan fingerprint density at radius 3 is 2.59 bits per heavy atom. The van der Waals surface area contributed by atoms with Gasteiger partial charge in [-0.1, -0.05) is 20.3 Å². The maximum absolute atomic E-state index is 11.0. The van der Waals surface area contributed by atoms with E-state index in [1.165, 1.54) is 6.42 Å². The minimum absolute atomic E-state index is 0.375. The van der Waals surface area contributed by atoms with Crippen LogP contribution in [0, 0.1) is 6.92 Å². The van der Waals surface area contributed by atoms with Crippen LogP contribution in [0.3, 0.4) is 0 Å². The molecular formula is C14H22N2O. The zero-order valence-corrected chi connectivity index (χ0v) is 10.9. The van der Waals surface area contributed by atoms with Gasteiger partial charge in [-0.2, -0.15) is 0 Å². The van der Waals surface area contributed by atoms with Crippen molar-refractivity contribution in [3.05, 3.63) is 29.3 Å². The third-order valence-electron chi connectivity index (χ3n) is 3.00. The van der Waals surface area contributed by atoms with Crippen LogP contribution in [0.25, 0.3) is 0 Å². The van der Waals surface area contributed by atoms with Gasteiger partial charge in [-0.15, -0.1) is 0 Å². The minimum atomic E-state index is -0.375. The van der Waals surface area contributed by atoms with Gasteiger partial charge in [0.05, 0.1) is 0 Å². The van der Waals surface area contributed by atoms with E-state index in [2.05, 4.69) is 19.2 Å². The molecule has 0 spiro atoms. The first-order valence-corrected chi connectivity index (χ1v) is 6.25. The molecule has 17 heavy (non-hydrogen) atoms. The van der Waals surface area contributed by atoms with Gasteiger partial charge in [0, 0.05) is 17.3 Å². The Labute approximate surface area is 103 Å². The molecule has 3 nitrogen and oxygen atoms in total. The number of primary amides is 1. The molecule has 1 aromatic rings. The smallest absolute Gasteiger partial charge is 0.248 e. The summed E-state index contributed by atoms with van der Waals surface area (Å²) < 4.78 is 0. The van der Waals surface area contributed by atoms with Gasteiger partial charge < -0.3 is 11.1 Å². The second-order valence-electron chi connectivity index (χ2n) is 4.43. The summed E-state index contributed by atoms with van der Waals surface area (Å²) in [6.45, 7) is 6.36. The number of anilines is 1. The van der Waals surface area contributed by atoms with Gasteiger partial charge in [0.25, 0.3) is 0 Å².